The van der Waals surface area contributed by atoms with Crippen LogP contribution in [0.2, 0.25) is 0 Å². The Labute approximate surface area is 107 Å². The number of halogens is 2. The van der Waals surface area contributed by atoms with E-state index in [9.17, 15) is 8.78 Å². The fraction of sp³-hybridized carbons (Fsp3) is 0.385. The molecule has 0 aliphatic heterocycles. The fourth-order valence-electron chi connectivity index (χ4n) is 2.71. The normalized spacial score (nSPS) is 24.2. The molecule has 4 nitrogen and oxygen atoms in total. The molecule has 2 unspecified atom stereocenters. The first kappa shape index (κ1) is 12.0. The largest absolute Gasteiger partial charge is 0.461 e. The van der Waals surface area contributed by atoms with Gasteiger partial charge in [0.2, 0.25) is 0 Å². The van der Waals surface area contributed by atoms with Gasteiger partial charge < -0.3 is 4.42 Å². The summed E-state index contributed by atoms with van der Waals surface area (Å²) in [6, 6.07) is 7.14. The van der Waals surface area contributed by atoms with Gasteiger partial charge in [-0.05, 0) is 18.5 Å². The summed E-state index contributed by atoms with van der Waals surface area (Å²) in [4.78, 5) is 2.55. The maximum absolute atomic E-state index is 13.8. The minimum Gasteiger partial charge on any atom is -0.461 e. The van der Waals surface area contributed by atoms with Crippen LogP contribution in [0.5, 0.6) is 0 Å². The summed E-state index contributed by atoms with van der Waals surface area (Å²) >= 11 is 0. The van der Waals surface area contributed by atoms with Crippen molar-refractivity contribution in [1.29, 1.82) is 0 Å². The highest BCUT2D eigenvalue weighted by Crippen LogP contribution is 2.63. The van der Waals surface area contributed by atoms with Crippen molar-refractivity contribution in [3.63, 3.8) is 0 Å². The average Bonchev–Trinajstić information content (AvgIpc) is 2.75. The lowest BCUT2D eigenvalue weighted by atomic mass is 10.0. The van der Waals surface area contributed by atoms with Gasteiger partial charge in [-0.25, -0.2) is 8.78 Å². The summed E-state index contributed by atoms with van der Waals surface area (Å²) < 4.78 is 33.2. The van der Waals surface area contributed by atoms with E-state index in [1.165, 1.54) is 0 Å². The lowest BCUT2D eigenvalue weighted by Gasteiger charge is -1.97. The van der Waals surface area contributed by atoms with E-state index < -0.39 is 17.8 Å². The second-order valence-electron chi connectivity index (χ2n) is 4.74. The van der Waals surface area contributed by atoms with Crippen molar-refractivity contribution < 1.29 is 13.2 Å². The molecule has 1 fully saturated rings. The highest BCUT2D eigenvalue weighted by atomic mass is 19.3. The van der Waals surface area contributed by atoms with Crippen LogP contribution in [0.1, 0.15) is 17.2 Å². The second kappa shape index (κ2) is 3.96. The van der Waals surface area contributed by atoms with Gasteiger partial charge in [-0.2, -0.15) is 0 Å². The van der Waals surface area contributed by atoms with Gasteiger partial charge in [0.05, 0.1) is 5.92 Å². The van der Waals surface area contributed by atoms with Crippen LogP contribution in [0, 0.1) is 12.8 Å². The number of hydrogen-bond donors (Lipinski definition) is 0. The number of benzene rings is 1. The van der Waals surface area contributed by atoms with Crippen molar-refractivity contribution >= 4 is 11.0 Å². The quantitative estimate of drug-likeness (QED) is 0.460. The van der Waals surface area contributed by atoms with Gasteiger partial charge >= 0.3 is 0 Å². The molecule has 0 bridgehead atoms. The number of furan rings is 1. The molecule has 6 heteroatoms. The van der Waals surface area contributed by atoms with Crippen molar-refractivity contribution in [2.75, 3.05) is 6.54 Å². The topological polar surface area (TPSA) is 61.9 Å². The molecule has 0 spiro atoms. The van der Waals surface area contributed by atoms with E-state index in [2.05, 4.69) is 10.0 Å². The summed E-state index contributed by atoms with van der Waals surface area (Å²) in [6.45, 7) is 1.50. The molecule has 1 aliphatic rings. The zero-order valence-corrected chi connectivity index (χ0v) is 10.2. The SMILES string of the molecule is Cc1oc2ccccc2c1C1C(CN=[N+]=[N-])C1(F)F. The highest BCUT2D eigenvalue weighted by molar-refractivity contribution is 5.83. The minimum absolute atomic E-state index is 0.187. The molecule has 0 N–H and O–H groups in total. The van der Waals surface area contributed by atoms with Crippen molar-refractivity contribution in [2.45, 2.75) is 18.8 Å². The van der Waals surface area contributed by atoms with Crippen molar-refractivity contribution in [3.8, 4) is 0 Å². The zero-order valence-electron chi connectivity index (χ0n) is 10.2. The van der Waals surface area contributed by atoms with Gasteiger partial charge in [0.15, 0.2) is 0 Å². The van der Waals surface area contributed by atoms with Crippen LogP contribution < -0.4 is 0 Å². The van der Waals surface area contributed by atoms with Crippen LogP contribution in [0.15, 0.2) is 33.8 Å². The summed E-state index contributed by atoms with van der Waals surface area (Å²) in [5.74, 6) is -4.16. The van der Waals surface area contributed by atoms with Crippen molar-refractivity contribution in [2.24, 2.45) is 11.0 Å². The Morgan fingerprint density at radius 3 is 2.89 bits per heavy atom. The first-order valence-corrected chi connectivity index (χ1v) is 5.94. The standard InChI is InChI=1S/C13H11F2N3O/c1-7-11(8-4-2-3-5-10(8)19-7)12-9(6-17-18-16)13(12,14)15/h2-5,9,12H,6H2,1H3. The van der Waals surface area contributed by atoms with Gasteiger partial charge in [0.1, 0.15) is 11.3 Å². The van der Waals surface area contributed by atoms with Gasteiger partial charge in [-0.15, -0.1) is 0 Å². The third-order valence-corrected chi connectivity index (χ3v) is 3.67. The van der Waals surface area contributed by atoms with Crippen LogP contribution in [0.25, 0.3) is 21.4 Å². The van der Waals surface area contributed by atoms with Crippen LogP contribution in [0.4, 0.5) is 8.78 Å². The molecule has 1 saturated carbocycles. The Morgan fingerprint density at radius 1 is 1.42 bits per heavy atom. The second-order valence-corrected chi connectivity index (χ2v) is 4.74. The van der Waals surface area contributed by atoms with E-state index in [0.29, 0.717) is 22.3 Å². The van der Waals surface area contributed by atoms with Gasteiger partial charge in [0.25, 0.3) is 5.92 Å². The predicted octanol–water partition coefficient (Wildman–Crippen LogP) is 4.40. The summed E-state index contributed by atoms with van der Waals surface area (Å²) in [7, 11) is 0. The molecular formula is C13H11F2N3O. The molecule has 2 atom stereocenters. The summed E-state index contributed by atoms with van der Waals surface area (Å²) in [6.07, 6.45) is 0. The Morgan fingerprint density at radius 2 is 2.16 bits per heavy atom. The molecule has 0 saturated heterocycles. The van der Waals surface area contributed by atoms with Crippen LogP contribution in [-0.4, -0.2) is 12.5 Å². The number of hydrogen-bond acceptors (Lipinski definition) is 2. The lowest BCUT2D eigenvalue weighted by Crippen LogP contribution is -1.96. The first-order valence-electron chi connectivity index (χ1n) is 5.94. The first-order chi connectivity index (χ1) is 9.07. The van der Waals surface area contributed by atoms with Gasteiger partial charge in [-0.1, -0.05) is 23.3 Å². The average molecular weight is 263 g/mol. The minimum atomic E-state index is -2.83. The van der Waals surface area contributed by atoms with Crippen LogP contribution in [-0.2, 0) is 0 Å². The summed E-state index contributed by atoms with van der Waals surface area (Å²) in [5.41, 5.74) is 9.40. The number of para-hydroxylation sites is 1. The number of azide groups is 1. The van der Waals surface area contributed by atoms with E-state index in [1.807, 2.05) is 0 Å². The molecule has 0 radical (unpaired) electrons. The number of alkyl halides is 2. The molecule has 1 aromatic heterocycles. The smallest absolute Gasteiger partial charge is 0.259 e. The molecular weight excluding hydrogens is 252 g/mol. The molecule has 1 aromatic carbocycles. The number of aryl methyl sites for hydroxylation is 1. The van der Waals surface area contributed by atoms with E-state index in [4.69, 9.17) is 9.95 Å². The maximum Gasteiger partial charge on any atom is 0.259 e. The third kappa shape index (κ3) is 1.68. The van der Waals surface area contributed by atoms with Crippen molar-refractivity contribution in [1.82, 2.24) is 0 Å². The van der Waals surface area contributed by atoms with Gasteiger partial charge in [-0.3, -0.25) is 0 Å². The Hall–Kier alpha value is -2.07. The Kier molecular flexibility index (Phi) is 2.50. The van der Waals surface area contributed by atoms with E-state index in [0.717, 1.165) is 0 Å². The molecule has 0 amide bonds. The monoisotopic (exact) mass is 263 g/mol. The molecule has 1 aliphatic carbocycles. The Balaban J connectivity index is 2.06. The molecule has 1 heterocycles. The maximum atomic E-state index is 13.8. The van der Waals surface area contributed by atoms with E-state index >= 15 is 0 Å². The van der Waals surface area contributed by atoms with Crippen LogP contribution >= 0.6 is 0 Å². The highest BCUT2D eigenvalue weighted by Gasteiger charge is 2.69. The fourth-order valence-corrected chi connectivity index (χ4v) is 2.71. The van der Waals surface area contributed by atoms with E-state index in [1.54, 1.807) is 31.2 Å². The summed E-state index contributed by atoms with van der Waals surface area (Å²) in [5, 5.41) is 3.99. The number of nitrogens with zero attached hydrogens (tertiary/aromatic N) is 3. The zero-order chi connectivity index (χ0) is 13.6. The number of fused-ring (bicyclic) bond motifs is 1. The Bertz CT molecular complexity index is 688. The molecule has 2 aromatic rings. The van der Waals surface area contributed by atoms with Crippen LogP contribution in [0.3, 0.4) is 0 Å². The number of rotatable bonds is 3. The lowest BCUT2D eigenvalue weighted by molar-refractivity contribution is 0.0946. The van der Waals surface area contributed by atoms with Crippen molar-refractivity contribution in [3.05, 3.63) is 46.0 Å². The molecule has 3 rings (SSSR count). The molecule has 19 heavy (non-hydrogen) atoms. The van der Waals surface area contributed by atoms with E-state index in [-0.39, 0.29) is 6.54 Å². The predicted molar refractivity (Wildman–Crippen MR) is 66.1 cm³/mol. The van der Waals surface area contributed by atoms with Gasteiger partial charge in [0, 0.05) is 28.3 Å². The third-order valence-electron chi connectivity index (χ3n) is 3.67. The molecule has 98 valence electrons.